The van der Waals surface area contributed by atoms with Crippen molar-refractivity contribution in [3.8, 4) is 11.5 Å². The highest BCUT2D eigenvalue weighted by Gasteiger charge is 2.13. The average Bonchev–Trinajstić information content (AvgIpc) is 3.05. The number of carbonyl (C=O) groups is 1. The lowest BCUT2D eigenvalue weighted by atomic mass is 10.1. The second kappa shape index (κ2) is 7.54. The molecule has 1 atom stereocenters. The number of hydrogen-bond donors (Lipinski definition) is 1. The summed E-state index contributed by atoms with van der Waals surface area (Å²) in [5, 5.41) is 2.97. The Morgan fingerprint density at radius 1 is 1.23 bits per heavy atom. The fourth-order valence-corrected chi connectivity index (χ4v) is 2.13. The molecule has 1 heterocycles. The van der Waals surface area contributed by atoms with Gasteiger partial charge in [0.2, 0.25) is 0 Å². The van der Waals surface area contributed by atoms with E-state index < -0.39 is 0 Å². The highest BCUT2D eigenvalue weighted by atomic mass is 16.5. The van der Waals surface area contributed by atoms with Crippen LogP contribution in [0.3, 0.4) is 0 Å². The van der Waals surface area contributed by atoms with Gasteiger partial charge < -0.3 is 19.2 Å². The van der Waals surface area contributed by atoms with Crippen LogP contribution >= 0.6 is 0 Å². The summed E-state index contributed by atoms with van der Waals surface area (Å²) in [5.74, 6) is 1.95. The molecule has 0 aliphatic rings. The Labute approximate surface area is 130 Å². The second-order valence-electron chi connectivity index (χ2n) is 5.09. The highest BCUT2D eigenvalue weighted by molar-refractivity contribution is 5.95. The maximum absolute atomic E-state index is 12.3. The van der Waals surface area contributed by atoms with Crippen LogP contribution in [-0.4, -0.2) is 26.2 Å². The van der Waals surface area contributed by atoms with Crippen molar-refractivity contribution in [1.82, 2.24) is 5.32 Å². The van der Waals surface area contributed by atoms with E-state index in [1.165, 1.54) is 0 Å². The van der Waals surface area contributed by atoms with Gasteiger partial charge in [-0.3, -0.25) is 4.79 Å². The molecule has 1 amide bonds. The maximum atomic E-state index is 12.3. The predicted molar refractivity (Wildman–Crippen MR) is 83.5 cm³/mol. The van der Waals surface area contributed by atoms with Gasteiger partial charge >= 0.3 is 0 Å². The quantitative estimate of drug-likeness (QED) is 0.854. The molecule has 5 nitrogen and oxygen atoms in total. The molecular formula is C17H21NO4. The fraction of sp³-hybridized carbons (Fsp3) is 0.353. The first-order valence-electron chi connectivity index (χ1n) is 7.18. The van der Waals surface area contributed by atoms with E-state index in [2.05, 4.69) is 5.32 Å². The molecule has 1 N–H and O–H groups in total. The van der Waals surface area contributed by atoms with Crippen LogP contribution in [0, 0.1) is 0 Å². The standard InChI is InChI=1S/C17H21NO4/c1-12(6-7-14-5-4-8-22-14)18-17(19)13-9-15(20-2)11-16(10-13)21-3/h4-5,8-12H,6-7H2,1-3H3,(H,18,19). The number of rotatable bonds is 7. The minimum Gasteiger partial charge on any atom is -0.497 e. The number of ether oxygens (including phenoxy) is 2. The monoisotopic (exact) mass is 303 g/mol. The maximum Gasteiger partial charge on any atom is 0.251 e. The van der Waals surface area contributed by atoms with Crippen molar-refractivity contribution < 1.29 is 18.7 Å². The molecule has 0 radical (unpaired) electrons. The number of amides is 1. The Morgan fingerprint density at radius 3 is 2.45 bits per heavy atom. The molecule has 1 unspecified atom stereocenters. The Kier molecular flexibility index (Phi) is 5.47. The van der Waals surface area contributed by atoms with Crippen molar-refractivity contribution in [2.75, 3.05) is 14.2 Å². The summed E-state index contributed by atoms with van der Waals surface area (Å²) >= 11 is 0. The molecule has 1 aromatic carbocycles. The van der Waals surface area contributed by atoms with Gasteiger partial charge in [-0.1, -0.05) is 0 Å². The first kappa shape index (κ1) is 15.9. The highest BCUT2D eigenvalue weighted by Crippen LogP contribution is 2.22. The topological polar surface area (TPSA) is 60.7 Å². The molecule has 0 spiro atoms. The Balaban J connectivity index is 1.96. The van der Waals surface area contributed by atoms with Crippen LogP contribution in [0.1, 0.15) is 29.5 Å². The van der Waals surface area contributed by atoms with Crippen LogP contribution in [0.4, 0.5) is 0 Å². The molecule has 0 saturated carbocycles. The normalized spacial score (nSPS) is 11.8. The van der Waals surface area contributed by atoms with Gasteiger partial charge in [0.1, 0.15) is 17.3 Å². The van der Waals surface area contributed by atoms with Crippen molar-refractivity contribution >= 4 is 5.91 Å². The lowest BCUT2D eigenvalue weighted by molar-refractivity contribution is 0.0937. The summed E-state index contributed by atoms with van der Waals surface area (Å²) in [6, 6.07) is 8.95. The van der Waals surface area contributed by atoms with Crippen molar-refractivity contribution in [3.05, 3.63) is 47.9 Å². The summed E-state index contributed by atoms with van der Waals surface area (Å²) in [7, 11) is 3.12. The van der Waals surface area contributed by atoms with E-state index in [0.29, 0.717) is 17.1 Å². The van der Waals surface area contributed by atoms with Gasteiger partial charge in [0, 0.05) is 24.1 Å². The lowest BCUT2D eigenvalue weighted by Gasteiger charge is -2.14. The number of nitrogens with one attached hydrogen (secondary N) is 1. The SMILES string of the molecule is COc1cc(OC)cc(C(=O)NC(C)CCc2ccco2)c1. The number of methoxy groups -OCH3 is 2. The van der Waals surface area contributed by atoms with E-state index in [9.17, 15) is 4.79 Å². The summed E-state index contributed by atoms with van der Waals surface area (Å²) in [5.41, 5.74) is 0.515. The molecule has 2 aromatic rings. The smallest absolute Gasteiger partial charge is 0.251 e. The minimum atomic E-state index is -0.149. The largest absolute Gasteiger partial charge is 0.497 e. The van der Waals surface area contributed by atoms with Crippen LogP contribution < -0.4 is 14.8 Å². The molecule has 118 valence electrons. The van der Waals surface area contributed by atoms with Crippen LogP contribution in [-0.2, 0) is 6.42 Å². The molecule has 22 heavy (non-hydrogen) atoms. The lowest BCUT2D eigenvalue weighted by Crippen LogP contribution is -2.32. The van der Waals surface area contributed by atoms with E-state index in [0.717, 1.165) is 18.6 Å². The van der Waals surface area contributed by atoms with Gasteiger partial charge in [0.15, 0.2) is 0 Å². The van der Waals surface area contributed by atoms with E-state index in [4.69, 9.17) is 13.9 Å². The van der Waals surface area contributed by atoms with Gasteiger partial charge in [-0.15, -0.1) is 0 Å². The van der Waals surface area contributed by atoms with Crippen molar-refractivity contribution in [3.63, 3.8) is 0 Å². The molecule has 2 rings (SSSR count). The third-order valence-corrected chi connectivity index (χ3v) is 3.39. The number of hydrogen-bond acceptors (Lipinski definition) is 4. The zero-order valence-corrected chi connectivity index (χ0v) is 13.1. The Morgan fingerprint density at radius 2 is 1.91 bits per heavy atom. The Bertz CT molecular complexity index is 585. The van der Waals surface area contributed by atoms with Crippen molar-refractivity contribution in [2.45, 2.75) is 25.8 Å². The number of furan rings is 1. The summed E-state index contributed by atoms with van der Waals surface area (Å²) in [4.78, 5) is 12.3. The van der Waals surface area contributed by atoms with E-state index in [1.54, 1.807) is 38.7 Å². The zero-order chi connectivity index (χ0) is 15.9. The summed E-state index contributed by atoms with van der Waals surface area (Å²) < 4.78 is 15.6. The number of aryl methyl sites for hydroxylation is 1. The summed E-state index contributed by atoms with van der Waals surface area (Å²) in [6.45, 7) is 1.97. The van der Waals surface area contributed by atoms with Crippen molar-refractivity contribution in [1.29, 1.82) is 0 Å². The van der Waals surface area contributed by atoms with Crippen molar-refractivity contribution in [2.24, 2.45) is 0 Å². The van der Waals surface area contributed by atoms with Gasteiger partial charge in [0.05, 0.1) is 20.5 Å². The predicted octanol–water partition coefficient (Wildman–Crippen LogP) is 3.05. The van der Waals surface area contributed by atoms with Crippen LogP contribution in [0.5, 0.6) is 11.5 Å². The third kappa shape index (κ3) is 4.28. The van der Waals surface area contributed by atoms with Crippen LogP contribution in [0.25, 0.3) is 0 Å². The molecule has 0 aliphatic carbocycles. The molecule has 1 aromatic heterocycles. The molecule has 5 heteroatoms. The van der Waals surface area contributed by atoms with Gasteiger partial charge in [-0.2, -0.15) is 0 Å². The third-order valence-electron chi connectivity index (χ3n) is 3.39. The summed E-state index contributed by atoms with van der Waals surface area (Å²) in [6.07, 6.45) is 3.25. The van der Waals surface area contributed by atoms with E-state index in [1.807, 2.05) is 19.1 Å². The van der Waals surface area contributed by atoms with Gasteiger partial charge in [-0.25, -0.2) is 0 Å². The zero-order valence-electron chi connectivity index (χ0n) is 13.1. The molecule has 0 bridgehead atoms. The first-order valence-corrected chi connectivity index (χ1v) is 7.18. The number of carbonyl (C=O) groups excluding carboxylic acids is 1. The van der Waals surface area contributed by atoms with Crippen LogP contribution in [0.2, 0.25) is 0 Å². The molecule has 0 fully saturated rings. The van der Waals surface area contributed by atoms with Gasteiger partial charge in [0.25, 0.3) is 5.91 Å². The second-order valence-corrected chi connectivity index (χ2v) is 5.09. The van der Waals surface area contributed by atoms with E-state index in [-0.39, 0.29) is 11.9 Å². The molecule has 0 saturated heterocycles. The van der Waals surface area contributed by atoms with E-state index >= 15 is 0 Å². The van der Waals surface area contributed by atoms with Crippen LogP contribution in [0.15, 0.2) is 41.0 Å². The number of benzene rings is 1. The molecule has 0 aliphatic heterocycles. The molecular weight excluding hydrogens is 282 g/mol. The fourth-order valence-electron chi connectivity index (χ4n) is 2.13. The average molecular weight is 303 g/mol. The minimum absolute atomic E-state index is 0.0368. The van der Waals surface area contributed by atoms with Gasteiger partial charge in [-0.05, 0) is 37.6 Å². The Hall–Kier alpha value is -2.43. The first-order chi connectivity index (χ1) is 10.6.